The Labute approximate surface area is 554 Å². The number of anilines is 2. The Bertz CT molecular complexity index is 3840. The number of carbonyl (C=O) groups is 13. The molecule has 2 aliphatic rings. The highest BCUT2D eigenvalue weighted by Crippen LogP contribution is 2.47. The van der Waals surface area contributed by atoms with Crippen LogP contribution in [0.2, 0.25) is 0 Å². The van der Waals surface area contributed by atoms with Gasteiger partial charge in [0.25, 0.3) is 17.7 Å². The molecule has 96 heavy (non-hydrogen) atoms. The molecule has 3 heterocycles. The van der Waals surface area contributed by atoms with Crippen molar-refractivity contribution < 1.29 is 91.1 Å². The fourth-order valence-electron chi connectivity index (χ4n) is 10.3. The van der Waals surface area contributed by atoms with Gasteiger partial charge in [0, 0.05) is 105 Å². The number of hydrogen-bond acceptors (Lipinski definition) is 18. The zero-order valence-corrected chi connectivity index (χ0v) is 54.2. The van der Waals surface area contributed by atoms with Gasteiger partial charge in [-0.2, -0.15) is 0 Å². The number of carboxylic acid groups (broad SMARTS) is 1. The number of H-pyrrole nitrogens is 1. The van der Waals surface area contributed by atoms with Crippen LogP contribution in [-0.2, 0) is 47.9 Å². The lowest BCUT2D eigenvalue weighted by Gasteiger charge is -2.25. The van der Waals surface area contributed by atoms with E-state index in [0.717, 1.165) is 27.5 Å². The van der Waals surface area contributed by atoms with E-state index < -0.39 is 121 Å². The molecule has 5 aromatic rings. The van der Waals surface area contributed by atoms with E-state index in [-0.39, 0.29) is 86.5 Å². The Balaban J connectivity index is 0.913. The summed E-state index contributed by atoms with van der Waals surface area (Å²) in [7, 11) is 7.18. The molecule has 13 amide bonds. The van der Waals surface area contributed by atoms with Crippen LogP contribution in [0, 0.1) is 5.92 Å². The lowest BCUT2D eigenvalue weighted by molar-refractivity contribution is -0.147. The van der Waals surface area contributed by atoms with Crippen molar-refractivity contribution in [3.63, 3.8) is 0 Å². The molecule has 7 rings (SSSR count). The van der Waals surface area contributed by atoms with Crippen LogP contribution in [0.3, 0.4) is 0 Å². The summed E-state index contributed by atoms with van der Waals surface area (Å²) in [6.45, 7) is 1.16. The van der Waals surface area contributed by atoms with Gasteiger partial charge in [0.2, 0.25) is 47.3 Å². The third kappa shape index (κ3) is 18.1. The van der Waals surface area contributed by atoms with E-state index in [2.05, 4.69) is 42.2 Å². The van der Waals surface area contributed by atoms with Crippen molar-refractivity contribution in [2.24, 2.45) is 11.7 Å². The number of carbonyl (C=O) groups excluding carboxylic acids is 12. The van der Waals surface area contributed by atoms with Crippen molar-refractivity contribution in [3.8, 4) is 23.0 Å². The lowest BCUT2D eigenvalue weighted by atomic mass is 9.95. The molecule has 0 saturated carbocycles. The molecule has 32 nitrogen and oxygen atoms in total. The van der Waals surface area contributed by atoms with Crippen LogP contribution in [0.5, 0.6) is 23.0 Å². The van der Waals surface area contributed by atoms with Crippen LogP contribution < -0.4 is 66.8 Å². The molecule has 2 aliphatic heterocycles. The topological polar surface area (TPSA) is 427 Å². The molecule has 4 atom stereocenters. The number of imide groups is 1. The summed E-state index contributed by atoms with van der Waals surface area (Å²) in [6.07, 6.45) is -1.84. The molecule has 1 aromatic heterocycles. The fraction of sp³-hybridized carbons (Fsp3) is 0.381. The summed E-state index contributed by atoms with van der Waals surface area (Å²) in [6, 6.07) is 14.0. The Hall–Kier alpha value is -11.2. The summed E-state index contributed by atoms with van der Waals surface area (Å²) in [5, 5.41) is 29.1. The number of nitrogens with zero attached hydrogens (tertiary/aromatic N) is 4. The van der Waals surface area contributed by atoms with E-state index in [1.54, 1.807) is 49.1 Å². The predicted octanol–water partition coefficient (Wildman–Crippen LogP) is 2.33. The van der Waals surface area contributed by atoms with Crippen molar-refractivity contribution in [2.75, 3.05) is 104 Å². The summed E-state index contributed by atoms with van der Waals surface area (Å²) in [5.74, 6) is -7.21. The van der Waals surface area contributed by atoms with Gasteiger partial charge in [0.05, 0.1) is 52.2 Å². The normalized spacial score (nSPS) is 14.0. The number of nitrogens with two attached hydrogens (primary N) is 1. The quantitative estimate of drug-likeness (QED) is 0.0173. The molecular formula is C63H74ClN13O19. The first-order valence-electron chi connectivity index (χ1n) is 30.0. The number of carboxylic acids is 1. The highest BCUT2D eigenvalue weighted by atomic mass is 35.5. The van der Waals surface area contributed by atoms with Crippen molar-refractivity contribution in [1.82, 2.24) is 51.6 Å². The van der Waals surface area contributed by atoms with Crippen LogP contribution in [0.1, 0.15) is 66.7 Å². The molecule has 0 radical (unpaired) electrons. The number of primary amides is 1. The number of hydrogen-bond donors (Lipinski definition) is 10. The Kier molecular flexibility index (Phi) is 24.9. The minimum absolute atomic E-state index is 0.00857. The van der Waals surface area contributed by atoms with Crippen molar-refractivity contribution in [3.05, 3.63) is 95.7 Å². The predicted molar refractivity (Wildman–Crippen MR) is 345 cm³/mol. The highest BCUT2D eigenvalue weighted by molar-refractivity contribution is 6.19. The number of likely N-dealkylation sites (N-methyl/N-ethyl adjacent to an activating group) is 2. The number of aromatic nitrogens is 1. The minimum atomic E-state index is -1.86. The van der Waals surface area contributed by atoms with Gasteiger partial charge in [-0.15, -0.1) is 11.6 Å². The second-order valence-corrected chi connectivity index (χ2v) is 22.7. The van der Waals surface area contributed by atoms with E-state index >= 15 is 0 Å². The second kappa shape index (κ2) is 33.1. The first kappa shape index (κ1) is 72.2. The standard InChI is InChI=1S/C63H74ClN13O19/c1-33(2)52(73-48(81)31-69-47(80)30-68-46(79)29-67-45(78)20-22-76-49(82)18-19-50(76)83)58(85)72-40(13-10-21-66-61(65)89)57(84)70-37-16-14-34(15-17-37)54(60(87)88)96-63(91)75(4)24-23-74(3)62(90)95-43-27-42-51(39-12-9-8-11-38(39)43)36(28-64)32-77(42)59(86)41-25-35-26-44(92-5)55(93-6)56(94-7)53(35)71-41/h8-9,11-12,14-19,25-27,33,36,40,52,54,71H,10,13,20-24,28-32H2,1-7H3,(H,67,78)(H,68,79)(H,69,80)(H,70,84)(H,72,85)(H,73,81)(H,87,88)(H3,65,66,89)/t36-,40+,52+,54?/m1/s1. The average Bonchev–Trinajstić information content (AvgIpc) is 1.56. The smallest absolute Gasteiger partial charge is 0.415 e. The van der Waals surface area contributed by atoms with Crippen LogP contribution in [-0.4, -0.2) is 208 Å². The number of benzene rings is 4. The summed E-state index contributed by atoms with van der Waals surface area (Å²) in [5.41, 5.74) is 7.27. The van der Waals surface area contributed by atoms with E-state index in [1.165, 1.54) is 64.6 Å². The maximum Gasteiger partial charge on any atom is 0.415 e. The van der Waals surface area contributed by atoms with Gasteiger partial charge in [-0.25, -0.2) is 19.2 Å². The second-order valence-electron chi connectivity index (χ2n) is 22.4. The van der Waals surface area contributed by atoms with Gasteiger partial charge < -0.3 is 91.4 Å². The van der Waals surface area contributed by atoms with Gasteiger partial charge in [-0.05, 0) is 54.0 Å². The van der Waals surface area contributed by atoms with Gasteiger partial charge >= 0.3 is 24.2 Å². The van der Waals surface area contributed by atoms with Crippen molar-refractivity contribution >= 4 is 122 Å². The number of ether oxygens (including phenoxy) is 5. The van der Waals surface area contributed by atoms with Crippen LogP contribution in [0.25, 0.3) is 21.7 Å². The molecule has 512 valence electrons. The van der Waals surface area contributed by atoms with Crippen LogP contribution in [0.15, 0.2) is 78.9 Å². The molecule has 33 heteroatoms. The lowest BCUT2D eigenvalue weighted by Crippen LogP contribution is -2.56. The van der Waals surface area contributed by atoms with E-state index in [0.29, 0.717) is 44.6 Å². The largest absolute Gasteiger partial charge is 0.493 e. The molecule has 1 unspecified atom stereocenters. The van der Waals surface area contributed by atoms with E-state index in [9.17, 15) is 67.4 Å². The van der Waals surface area contributed by atoms with Crippen LogP contribution in [0.4, 0.5) is 25.8 Å². The Morgan fingerprint density at radius 1 is 0.729 bits per heavy atom. The molecule has 0 bridgehead atoms. The first-order chi connectivity index (χ1) is 45.8. The fourth-order valence-corrected chi connectivity index (χ4v) is 10.6. The molecule has 4 aromatic carbocycles. The SMILES string of the molecule is COc1cc2cc(C(=O)N3C[C@@H](CCl)c4c3cc(OC(=O)N(C)CCN(C)C(=O)OC(C(=O)O)c3ccc(NC(=O)[C@H](CCCNC(N)=O)NC(=O)[C@@H](NC(=O)CNC(=O)CNC(=O)CNC(=O)CCN5C(=O)C=CC5=O)C(C)C)cc3)c3ccccc43)[nH]c2c(OC)c1OC. The Morgan fingerprint density at radius 2 is 1.34 bits per heavy atom. The average molecular weight is 1350 g/mol. The number of alkyl halides is 1. The summed E-state index contributed by atoms with van der Waals surface area (Å²) in [4.78, 5) is 174. The van der Waals surface area contributed by atoms with Crippen molar-refractivity contribution in [2.45, 2.75) is 57.2 Å². The number of aromatic amines is 1. The number of halogens is 1. The minimum Gasteiger partial charge on any atom is -0.493 e. The third-order valence-electron chi connectivity index (χ3n) is 15.4. The number of methoxy groups -OCH3 is 3. The van der Waals surface area contributed by atoms with E-state index in [1.807, 2.05) is 12.1 Å². The molecule has 11 N–H and O–H groups in total. The summed E-state index contributed by atoms with van der Waals surface area (Å²) >= 11 is 6.56. The molecule has 0 saturated heterocycles. The number of urea groups is 1. The maximum atomic E-state index is 14.5. The van der Waals surface area contributed by atoms with Gasteiger partial charge in [0.1, 0.15) is 23.5 Å². The number of amides is 13. The van der Waals surface area contributed by atoms with Gasteiger partial charge in [0.15, 0.2) is 11.5 Å². The molecule has 0 spiro atoms. The number of fused-ring (bicyclic) bond motifs is 4. The highest BCUT2D eigenvalue weighted by Gasteiger charge is 2.37. The number of aliphatic carboxylic acids is 1. The first-order valence-corrected chi connectivity index (χ1v) is 30.5. The maximum absolute atomic E-state index is 14.5. The zero-order valence-electron chi connectivity index (χ0n) is 53.4. The van der Waals surface area contributed by atoms with Crippen molar-refractivity contribution in [1.29, 1.82) is 0 Å². The molecule has 0 aliphatic carbocycles. The Morgan fingerprint density at radius 3 is 1.94 bits per heavy atom. The van der Waals surface area contributed by atoms with Crippen LogP contribution >= 0.6 is 11.6 Å². The molecular weight excluding hydrogens is 1280 g/mol. The zero-order chi connectivity index (χ0) is 70.1. The molecule has 0 fully saturated rings. The number of nitrogens with one attached hydrogen (secondary N) is 8. The number of rotatable bonds is 31. The summed E-state index contributed by atoms with van der Waals surface area (Å²) < 4.78 is 28.1. The third-order valence-corrected chi connectivity index (χ3v) is 15.8. The van der Waals surface area contributed by atoms with E-state index in [4.69, 9.17) is 41.0 Å². The monoisotopic (exact) mass is 1350 g/mol. The van der Waals surface area contributed by atoms with Gasteiger partial charge in [-0.3, -0.25) is 48.1 Å². The van der Waals surface area contributed by atoms with Gasteiger partial charge in [-0.1, -0.05) is 50.2 Å².